The van der Waals surface area contributed by atoms with Crippen molar-refractivity contribution in [1.82, 2.24) is 5.32 Å². The molecule has 0 radical (unpaired) electrons. The number of nitrogens with zero attached hydrogens (tertiary/aromatic N) is 1. The average molecular weight is 237 g/mol. The van der Waals surface area contributed by atoms with Gasteiger partial charge in [0.15, 0.2) is 5.96 Å². The van der Waals surface area contributed by atoms with Gasteiger partial charge in [0.2, 0.25) is 0 Å². The van der Waals surface area contributed by atoms with Gasteiger partial charge in [0.1, 0.15) is 5.82 Å². The Hall–Kier alpha value is -1.62. The van der Waals surface area contributed by atoms with Gasteiger partial charge < -0.3 is 16.2 Å². The molecule has 0 spiro atoms. The molecule has 0 aromatic heterocycles. The highest BCUT2D eigenvalue weighted by atomic mass is 19.1. The van der Waals surface area contributed by atoms with Crippen molar-refractivity contribution in [2.75, 3.05) is 6.54 Å². The molecule has 0 aliphatic heterocycles. The number of nitrogens with two attached hydrogens (primary N) is 1. The number of halogens is 1. The van der Waals surface area contributed by atoms with Crippen LogP contribution in [0, 0.1) is 5.82 Å². The number of nitrogens with one attached hydrogen (secondary N) is 1. The molecule has 4 nitrogen and oxygen atoms in total. The van der Waals surface area contributed by atoms with Crippen molar-refractivity contribution >= 4 is 5.96 Å². The number of guanidine groups is 1. The Kier molecular flexibility index (Phi) is 3.58. The monoisotopic (exact) mass is 237 g/mol. The molecule has 1 unspecified atom stereocenters. The zero-order valence-corrected chi connectivity index (χ0v) is 9.44. The van der Waals surface area contributed by atoms with Crippen LogP contribution < -0.4 is 11.1 Å². The van der Waals surface area contributed by atoms with E-state index in [4.69, 9.17) is 5.73 Å². The first-order chi connectivity index (χ1) is 8.15. The summed E-state index contributed by atoms with van der Waals surface area (Å²) in [6, 6.07) is 6.16. The van der Waals surface area contributed by atoms with Crippen LogP contribution in [0.3, 0.4) is 0 Å². The number of aliphatic hydroxyl groups excluding tert-OH is 1. The van der Waals surface area contributed by atoms with Gasteiger partial charge in [-0.1, -0.05) is 12.1 Å². The summed E-state index contributed by atoms with van der Waals surface area (Å²) in [6.45, 7) is 0.178. The lowest BCUT2D eigenvalue weighted by molar-refractivity contribution is 0.187. The summed E-state index contributed by atoms with van der Waals surface area (Å²) in [5.74, 6) is 0.0352. The Balaban J connectivity index is 1.87. The Morgan fingerprint density at radius 3 is 2.71 bits per heavy atom. The second-order valence-corrected chi connectivity index (χ2v) is 4.21. The molecule has 1 fully saturated rings. The van der Waals surface area contributed by atoms with Gasteiger partial charge in [0.25, 0.3) is 0 Å². The summed E-state index contributed by atoms with van der Waals surface area (Å²) in [7, 11) is 0. The first-order valence-corrected chi connectivity index (χ1v) is 5.65. The molecule has 5 heteroatoms. The van der Waals surface area contributed by atoms with Crippen LogP contribution in [0.1, 0.15) is 24.5 Å². The van der Waals surface area contributed by atoms with Crippen LogP contribution in [-0.2, 0) is 0 Å². The minimum absolute atomic E-state index is 0.178. The zero-order chi connectivity index (χ0) is 12.3. The van der Waals surface area contributed by atoms with Gasteiger partial charge in [-0.3, -0.25) is 4.99 Å². The van der Waals surface area contributed by atoms with Gasteiger partial charge in [0.05, 0.1) is 12.6 Å². The summed E-state index contributed by atoms with van der Waals surface area (Å²) >= 11 is 0. The van der Waals surface area contributed by atoms with Crippen LogP contribution in [0.4, 0.5) is 4.39 Å². The lowest BCUT2D eigenvalue weighted by atomic mass is 10.1. The van der Waals surface area contributed by atoms with Crippen molar-refractivity contribution in [2.45, 2.75) is 25.0 Å². The van der Waals surface area contributed by atoms with Crippen LogP contribution in [-0.4, -0.2) is 23.7 Å². The third-order valence-electron chi connectivity index (χ3n) is 2.62. The summed E-state index contributed by atoms with van der Waals surface area (Å²) in [5.41, 5.74) is 6.27. The second kappa shape index (κ2) is 5.14. The largest absolute Gasteiger partial charge is 0.386 e. The van der Waals surface area contributed by atoms with E-state index in [-0.39, 0.29) is 12.4 Å². The molecule has 1 aliphatic carbocycles. The minimum atomic E-state index is -0.754. The van der Waals surface area contributed by atoms with E-state index >= 15 is 0 Å². The number of benzene rings is 1. The van der Waals surface area contributed by atoms with Gasteiger partial charge in [-0.2, -0.15) is 0 Å². The standard InChI is InChI=1S/C12H16FN3O/c13-9-3-1-8(2-4-9)11(17)7-15-12(14)16-10-5-6-10/h1-4,10-11,17H,5-7H2,(H3,14,15,16). The van der Waals surface area contributed by atoms with E-state index in [1.54, 1.807) is 12.1 Å². The van der Waals surface area contributed by atoms with Gasteiger partial charge in [-0.25, -0.2) is 4.39 Å². The van der Waals surface area contributed by atoms with Gasteiger partial charge >= 0.3 is 0 Å². The highest BCUT2D eigenvalue weighted by Crippen LogP contribution is 2.18. The fourth-order valence-corrected chi connectivity index (χ4v) is 1.46. The third-order valence-corrected chi connectivity index (χ3v) is 2.62. The van der Waals surface area contributed by atoms with E-state index < -0.39 is 6.10 Å². The van der Waals surface area contributed by atoms with Crippen molar-refractivity contribution in [2.24, 2.45) is 10.7 Å². The average Bonchev–Trinajstić information content (AvgIpc) is 3.11. The Bertz CT molecular complexity index is 401. The molecule has 92 valence electrons. The molecule has 0 saturated heterocycles. The molecular weight excluding hydrogens is 221 g/mol. The fourth-order valence-electron chi connectivity index (χ4n) is 1.46. The highest BCUT2D eigenvalue weighted by Gasteiger charge is 2.21. The third kappa shape index (κ3) is 3.71. The smallest absolute Gasteiger partial charge is 0.188 e. The van der Waals surface area contributed by atoms with E-state index in [2.05, 4.69) is 10.3 Å². The quantitative estimate of drug-likeness (QED) is 0.539. The van der Waals surface area contributed by atoms with Crippen molar-refractivity contribution in [3.05, 3.63) is 35.6 Å². The molecule has 4 N–H and O–H groups in total. The normalized spacial score (nSPS) is 17.9. The van der Waals surface area contributed by atoms with Gasteiger partial charge in [-0.05, 0) is 30.5 Å². The minimum Gasteiger partial charge on any atom is -0.386 e. The number of aliphatic hydroxyl groups is 1. The second-order valence-electron chi connectivity index (χ2n) is 4.21. The first kappa shape index (κ1) is 11.9. The maximum Gasteiger partial charge on any atom is 0.188 e. The van der Waals surface area contributed by atoms with Crippen LogP contribution in [0.25, 0.3) is 0 Å². The van der Waals surface area contributed by atoms with Crippen LogP contribution >= 0.6 is 0 Å². The van der Waals surface area contributed by atoms with E-state index in [1.807, 2.05) is 0 Å². The van der Waals surface area contributed by atoms with Gasteiger partial charge in [0, 0.05) is 6.04 Å². The summed E-state index contributed by atoms with van der Waals surface area (Å²) in [6.07, 6.45) is 1.49. The number of aliphatic imine (C=N–C) groups is 1. The Labute approximate surface area is 99.4 Å². The molecule has 1 atom stereocenters. The molecule has 2 rings (SSSR count). The number of hydrogen-bond donors (Lipinski definition) is 3. The number of rotatable bonds is 4. The van der Waals surface area contributed by atoms with Crippen LogP contribution in [0.5, 0.6) is 0 Å². The van der Waals surface area contributed by atoms with E-state index in [0.717, 1.165) is 12.8 Å². The maximum absolute atomic E-state index is 12.7. The Morgan fingerprint density at radius 2 is 2.12 bits per heavy atom. The summed E-state index contributed by atoms with van der Waals surface area (Å²) in [5, 5.41) is 12.8. The lowest BCUT2D eigenvalue weighted by Crippen LogP contribution is -2.33. The first-order valence-electron chi connectivity index (χ1n) is 5.65. The molecule has 1 aromatic carbocycles. The van der Waals surface area contributed by atoms with Crippen LogP contribution in [0.15, 0.2) is 29.3 Å². The maximum atomic E-state index is 12.7. The highest BCUT2D eigenvalue weighted by molar-refractivity contribution is 5.78. The van der Waals surface area contributed by atoms with E-state index in [0.29, 0.717) is 17.6 Å². The summed E-state index contributed by atoms with van der Waals surface area (Å²) < 4.78 is 12.7. The molecule has 17 heavy (non-hydrogen) atoms. The predicted octanol–water partition coefficient (Wildman–Crippen LogP) is 0.926. The van der Waals surface area contributed by atoms with E-state index in [9.17, 15) is 9.50 Å². The molecular formula is C12H16FN3O. The van der Waals surface area contributed by atoms with E-state index in [1.165, 1.54) is 12.1 Å². The lowest BCUT2D eigenvalue weighted by Gasteiger charge is -2.09. The SMILES string of the molecule is NC(=NCC(O)c1ccc(F)cc1)NC1CC1. The Morgan fingerprint density at radius 1 is 1.47 bits per heavy atom. The molecule has 0 heterocycles. The van der Waals surface area contributed by atoms with Gasteiger partial charge in [-0.15, -0.1) is 0 Å². The molecule has 0 amide bonds. The van der Waals surface area contributed by atoms with Crippen molar-refractivity contribution in [3.8, 4) is 0 Å². The van der Waals surface area contributed by atoms with Crippen molar-refractivity contribution in [1.29, 1.82) is 0 Å². The molecule has 1 aliphatic rings. The summed E-state index contributed by atoms with van der Waals surface area (Å²) in [4.78, 5) is 4.04. The molecule has 1 aromatic rings. The molecule has 0 bridgehead atoms. The fraction of sp³-hybridized carbons (Fsp3) is 0.417. The van der Waals surface area contributed by atoms with Crippen LogP contribution in [0.2, 0.25) is 0 Å². The topological polar surface area (TPSA) is 70.6 Å². The number of hydrogen-bond acceptors (Lipinski definition) is 2. The van der Waals surface area contributed by atoms with Crippen molar-refractivity contribution in [3.63, 3.8) is 0 Å². The zero-order valence-electron chi connectivity index (χ0n) is 9.44. The van der Waals surface area contributed by atoms with Crippen molar-refractivity contribution < 1.29 is 9.50 Å². The predicted molar refractivity (Wildman–Crippen MR) is 64.0 cm³/mol. The molecule has 1 saturated carbocycles.